The Morgan fingerprint density at radius 2 is 1.84 bits per heavy atom. The number of para-hydroxylation sites is 1. The molecular formula is C15H11NO3. The van der Waals surface area contributed by atoms with E-state index in [2.05, 4.69) is 5.32 Å². The molecule has 0 unspecified atom stereocenters. The second-order valence-electron chi connectivity index (χ2n) is 4.30. The summed E-state index contributed by atoms with van der Waals surface area (Å²) in [4.78, 5) is 11.9. The lowest BCUT2D eigenvalue weighted by molar-refractivity contribution is -0.110. The fraction of sp³-hybridized carbons (Fsp3) is 0. The number of phenolic OH excluding ortho intramolecular Hbond substituents is 2. The molecule has 94 valence electrons. The van der Waals surface area contributed by atoms with Gasteiger partial charge in [-0.3, -0.25) is 4.79 Å². The fourth-order valence-corrected chi connectivity index (χ4v) is 2.09. The minimum Gasteiger partial charge on any atom is -0.508 e. The molecule has 0 saturated carbocycles. The zero-order chi connectivity index (χ0) is 13.4. The third-order valence-electron chi connectivity index (χ3n) is 3.02. The largest absolute Gasteiger partial charge is 0.508 e. The second-order valence-corrected chi connectivity index (χ2v) is 4.30. The molecule has 0 atom stereocenters. The highest BCUT2D eigenvalue weighted by Crippen LogP contribution is 2.34. The summed E-state index contributed by atoms with van der Waals surface area (Å²) < 4.78 is 0. The van der Waals surface area contributed by atoms with Crippen LogP contribution in [0.4, 0.5) is 5.69 Å². The van der Waals surface area contributed by atoms with Crippen LogP contribution in [0.15, 0.2) is 42.5 Å². The van der Waals surface area contributed by atoms with Crippen molar-refractivity contribution in [2.24, 2.45) is 0 Å². The highest BCUT2D eigenvalue weighted by atomic mass is 16.3. The van der Waals surface area contributed by atoms with Crippen LogP contribution in [-0.4, -0.2) is 16.1 Å². The van der Waals surface area contributed by atoms with Crippen LogP contribution in [0, 0.1) is 0 Å². The Kier molecular flexibility index (Phi) is 2.49. The van der Waals surface area contributed by atoms with E-state index in [1.165, 1.54) is 12.1 Å². The van der Waals surface area contributed by atoms with Crippen LogP contribution in [0.5, 0.6) is 11.5 Å². The molecule has 19 heavy (non-hydrogen) atoms. The Bertz CT molecular complexity index is 704. The van der Waals surface area contributed by atoms with Crippen molar-refractivity contribution >= 4 is 23.2 Å². The van der Waals surface area contributed by atoms with E-state index in [1.54, 1.807) is 12.1 Å². The number of aromatic hydroxyl groups is 2. The Balaban J connectivity index is 2.11. The van der Waals surface area contributed by atoms with Crippen molar-refractivity contribution in [3.05, 3.63) is 53.6 Å². The van der Waals surface area contributed by atoms with E-state index in [0.717, 1.165) is 11.3 Å². The summed E-state index contributed by atoms with van der Waals surface area (Å²) in [5, 5.41) is 21.8. The molecule has 1 aliphatic heterocycles. The van der Waals surface area contributed by atoms with Gasteiger partial charge < -0.3 is 15.5 Å². The number of nitrogens with one attached hydrogen (secondary N) is 1. The van der Waals surface area contributed by atoms with Gasteiger partial charge >= 0.3 is 0 Å². The maximum Gasteiger partial charge on any atom is 0.256 e. The van der Waals surface area contributed by atoms with Crippen LogP contribution in [0.3, 0.4) is 0 Å². The third-order valence-corrected chi connectivity index (χ3v) is 3.02. The lowest BCUT2D eigenvalue weighted by Gasteiger charge is -2.02. The average Bonchev–Trinajstić information content (AvgIpc) is 2.69. The van der Waals surface area contributed by atoms with Gasteiger partial charge in [-0.1, -0.05) is 18.2 Å². The van der Waals surface area contributed by atoms with E-state index in [4.69, 9.17) is 0 Å². The van der Waals surface area contributed by atoms with Crippen molar-refractivity contribution in [3.8, 4) is 11.5 Å². The Morgan fingerprint density at radius 1 is 1.05 bits per heavy atom. The van der Waals surface area contributed by atoms with Crippen LogP contribution in [0.2, 0.25) is 0 Å². The number of hydrogen-bond acceptors (Lipinski definition) is 3. The monoisotopic (exact) mass is 253 g/mol. The van der Waals surface area contributed by atoms with Crippen molar-refractivity contribution in [2.75, 3.05) is 5.32 Å². The number of anilines is 1. The molecule has 3 N–H and O–H groups in total. The number of hydrogen-bond donors (Lipinski definition) is 3. The van der Waals surface area contributed by atoms with Crippen LogP contribution in [0.1, 0.15) is 11.1 Å². The van der Waals surface area contributed by atoms with E-state index in [1.807, 2.05) is 24.3 Å². The molecule has 0 saturated heterocycles. The van der Waals surface area contributed by atoms with Gasteiger partial charge in [-0.05, 0) is 24.3 Å². The number of fused-ring (bicyclic) bond motifs is 1. The van der Waals surface area contributed by atoms with E-state index in [0.29, 0.717) is 11.1 Å². The van der Waals surface area contributed by atoms with Crippen LogP contribution < -0.4 is 5.32 Å². The molecule has 3 rings (SSSR count). The smallest absolute Gasteiger partial charge is 0.256 e. The number of carbonyl (C=O) groups excluding carboxylic acids is 1. The standard InChI is InChI=1S/C15H11NO3/c17-10-6-5-9(14(18)8-10)7-12-11-3-1-2-4-13(11)16-15(12)19/h1-8,17-18H,(H,16,19). The molecule has 1 heterocycles. The van der Waals surface area contributed by atoms with Crippen molar-refractivity contribution in [1.82, 2.24) is 0 Å². The second kappa shape index (κ2) is 4.17. The maximum atomic E-state index is 11.9. The van der Waals surface area contributed by atoms with Gasteiger partial charge in [-0.15, -0.1) is 0 Å². The molecule has 0 aliphatic carbocycles. The zero-order valence-corrected chi connectivity index (χ0v) is 9.92. The molecule has 0 radical (unpaired) electrons. The van der Waals surface area contributed by atoms with Gasteiger partial charge in [0.25, 0.3) is 5.91 Å². The van der Waals surface area contributed by atoms with Gasteiger partial charge in [-0.25, -0.2) is 0 Å². The van der Waals surface area contributed by atoms with Gasteiger partial charge in [0, 0.05) is 28.5 Å². The lowest BCUT2D eigenvalue weighted by Crippen LogP contribution is -2.03. The van der Waals surface area contributed by atoms with Gasteiger partial charge in [-0.2, -0.15) is 0 Å². The molecule has 4 heteroatoms. The summed E-state index contributed by atoms with van der Waals surface area (Å²) in [5.41, 5.74) is 2.55. The quantitative estimate of drug-likeness (QED) is 0.684. The zero-order valence-electron chi connectivity index (χ0n) is 9.92. The van der Waals surface area contributed by atoms with E-state index >= 15 is 0 Å². The van der Waals surface area contributed by atoms with Gasteiger partial charge in [0.05, 0.1) is 0 Å². The first-order valence-electron chi connectivity index (χ1n) is 5.79. The Hall–Kier alpha value is -2.75. The minimum absolute atomic E-state index is 0.0177. The molecule has 2 aromatic carbocycles. The topological polar surface area (TPSA) is 69.6 Å². The number of benzene rings is 2. The third kappa shape index (κ3) is 1.93. The number of carbonyl (C=O) groups is 1. The SMILES string of the molecule is O=C1Nc2ccccc2C1=Cc1ccc(O)cc1O. The minimum atomic E-state index is -0.200. The molecule has 0 aromatic heterocycles. The van der Waals surface area contributed by atoms with Crippen molar-refractivity contribution < 1.29 is 15.0 Å². The summed E-state index contributed by atoms with van der Waals surface area (Å²) in [6, 6.07) is 11.6. The first kappa shape index (κ1) is 11.3. The molecular weight excluding hydrogens is 242 g/mol. The van der Waals surface area contributed by atoms with Crippen LogP contribution in [0.25, 0.3) is 11.6 Å². The highest BCUT2D eigenvalue weighted by molar-refractivity contribution is 6.35. The molecule has 0 fully saturated rings. The lowest BCUT2D eigenvalue weighted by atomic mass is 10.0. The fourth-order valence-electron chi connectivity index (χ4n) is 2.09. The van der Waals surface area contributed by atoms with E-state index < -0.39 is 0 Å². The Labute approximate surface area is 109 Å². The van der Waals surface area contributed by atoms with E-state index in [9.17, 15) is 15.0 Å². The van der Waals surface area contributed by atoms with E-state index in [-0.39, 0.29) is 17.4 Å². The predicted molar refractivity (Wildman–Crippen MR) is 72.7 cm³/mol. The van der Waals surface area contributed by atoms with Gasteiger partial charge in [0.15, 0.2) is 0 Å². The number of rotatable bonds is 1. The summed E-state index contributed by atoms with van der Waals surface area (Å²) in [5.74, 6) is -0.283. The summed E-state index contributed by atoms with van der Waals surface area (Å²) in [7, 11) is 0. The summed E-state index contributed by atoms with van der Waals surface area (Å²) >= 11 is 0. The van der Waals surface area contributed by atoms with Crippen molar-refractivity contribution in [2.45, 2.75) is 0 Å². The molecule has 0 spiro atoms. The molecule has 4 nitrogen and oxygen atoms in total. The van der Waals surface area contributed by atoms with Gasteiger partial charge in [0.1, 0.15) is 11.5 Å². The van der Waals surface area contributed by atoms with Gasteiger partial charge in [0.2, 0.25) is 0 Å². The average molecular weight is 253 g/mol. The summed E-state index contributed by atoms with van der Waals surface area (Å²) in [6.45, 7) is 0. The first-order chi connectivity index (χ1) is 9.15. The van der Waals surface area contributed by atoms with Crippen molar-refractivity contribution in [1.29, 1.82) is 0 Å². The maximum absolute atomic E-state index is 11.9. The van der Waals surface area contributed by atoms with Crippen LogP contribution >= 0.6 is 0 Å². The van der Waals surface area contributed by atoms with Crippen molar-refractivity contribution in [3.63, 3.8) is 0 Å². The molecule has 1 aliphatic rings. The number of amides is 1. The molecule has 0 bridgehead atoms. The number of phenols is 2. The normalized spacial score (nSPS) is 15.4. The molecule has 1 amide bonds. The first-order valence-corrected chi connectivity index (χ1v) is 5.79. The predicted octanol–water partition coefficient (Wildman–Crippen LogP) is 2.59. The highest BCUT2D eigenvalue weighted by Gasteiger charge is 2.23. The Morgan fingerprint density at radius 3 is 2.63 bits per heavy atom. The molecule has 2 aromatic rings. The summed E-state index contributed by atoms with van der Waals surface area (Å²) in [6.07, 6.45) is 1.61. The van der Waals surface area contributed by atoms with Crippen LogP contribution in [-0.2, 0) is 4.79 Å².